The van der Waals surface area contributed by atoms with E-state index in [0.29, 0.717) is 0 Å². The van der Waals surface area contributed by atoms with E-state index >= 15 is 0 Å². The van der Waals surface area contributed by atoms with E-state index in [0.717, 1.165) is 0 Å². The first-order valence-corrected chi connectivity index (χ1v) is 11.6. The summed E-state index contributed by atoms with van der Waals surface area (Å²) in [6, 6.07) is 20.5. The first-order valence-electron chi connectivity index (χ1n) is 7.15. The maximum Gasteiger partial charge on any atom is 0.188 e. The molecule has 0 saturated carbocycles. The molecule has 0 amide bonds. The number of rotatable bonds is 1. The molecule has 1 atom stereocenters. The molecule has 0 aliphatic heterocycles. The first-order chi connectivity index (χ1) is 11.1. The second-order valence-corrected chi connectivity index (χ2v) is 10.9. The lowest BCUT2D eigenvalue weighted by Crippen LogP contribution is -1.80. The highest BCUT2D eigenvalue weighted by Crippen LogP contribution is 2.50. The van der Waals surface area contributed by atoms with Gasteiger partial charge < -0.3 is 0 Å². The maximum atomic E-state index is 2.51. The second-order valence-electron chi connectivity index (χ2n) is 5.49. The zero-order valence-electron chi connectivity index (χ0n) is 12.2. The topological polar surface area (TPSA) is 0 Å². The number of halogens is 3. The van der Waals surface area contributed by atoms with Gasteiger partial charge in [0.15, 0.2) is 14.3 Å². The number of fused-ring (bicyclic) bond motifs is 3. The third-order valence-corrected chi connectivity index (χ3v) is 10.0. The standard InChI is InChI=1S/C19H12I3S/c1-11-2-5-13(6-3-11)23-16-8-4-12(20)10-14(16)18-17(23)9-7-15(21)19(18)22/h2-10H,1H3/q+1. The van der Waals surface area contributed by atoms with Crippen molar-refractivity contribution in [3.8, 4) is 4.90 Å². The van der Waals surface area contributed by atoms with Gasteiger partial charge in [0.25, 0.3) is 0 Å². The van der Waals surface area contributed by atoms with E-state index < -0.39 is 0 Å². The van der Waals surface area contributed by atoms with Crippen LogP contribution in [0.2, 0.25) is 0 Å². The monoisotopic (exact) mass is 653 g/mol. The van der Waals surface area contributed by atoms with Crippen LogP contribution in [0.3, 0.4) is 0 Å². The van der Waals surface area contributed by atoms with Crippen molar-refractivity contribution in [1.82, 2.24) is 0 Å². The van der Waals surface area contributed by atoms with Crippen LogP contribution in [0.1, 0.15) is 5.56 Å². The van der Waals surface area contributed by atoms with Crippen LogP contribution in [0, 0.1) is 17.6 Å². The van der Waals surface area contributed by atoms with Crippen LogP contribution >= 0.6 is 78.2 Å². The minimum atomic E-state index is 0.0129. The zero-order chi connectivity index (χ0) is 16.1. The van der Waals surface area contributed by atoms with E-state index in [9.17, 15) is 0 Å². The van der Waals surface area contributed by atoms with Gasteiger partial charge in [0.05, 0.1) is 5.39 Å². The van der Waals surface area contributed by atoms with Gasteiger partial charge in [0.2, 0.25) is 0 Å². The second kappa shape index (κ2) is 6.42. The molecule has 1 heterocycles. The van der Waals surface area contributed by atoms with Crippen molar-refractivity contribution >= 4 is 98.4 Å². The molecule has 0 fully saturated rings. The van der Waals surface area contributed by atoms with Crippen molar-refractivity contribution in [2.75, 3.05) is 0 Å². The molecule has 4 rings (SSSR count). The van der Waals surface area contributed by atoms with Gasteiger partial charge in [-0.3, -0.25) is 0 Å². The molecule has 114 valence electrons. The Labute approximate surface area is 179 Å². The van der Waals surface area contributed by atoms with Crippen molar-refractivity contribution in [2.24, 2.45) is 0 Å². The predicted octanol–water partition coefficient (Wildman–Crippen LogP) is 7.85. The van der Waals surface area contributed by atoms with Crippen molar-refractivity contribution < 1.29 is 0 Å². The Bertz CT molecular complexity index is 1050. The molecule has 4 heteroatoms. The average Bonchev–Trinajstić information content (AvgIpc) is 2.86. The lowest BCUT2D eigenvalue weighted by Gasteiger charge is -1.97. The number of hydrogen-bond acceptors (Lipinski definition) is 0. The summed E-state index contributed by atoms with van der Waals surface area (Å²) in [6.45, 7) is 2.15. The Morgan fingerprint density at radius 1 is 0.783 bits per heavy atom. The van der Waals surface area contributed by atoms with Crippen LogP contribution in [0.15, 0.2) is 54.6 Å². The van der Waals surface area contributed by atoms with Crippen LogP contribution in [0.4, 0.5) is 0 Å². The molecule has 0 aliphatic carbocycles. The van der Waals surface area contributed by atoms with Gasteiger partial charge in [-0.15, -0.1) is 0 Å². The van der Waals surface area contributed by atoms with Crippen LogP contribution in [-0.2, 0) is 0 Å². The van der Waals surface area contributed by atoms with Gasteiger partial charge in [-0.2, -0.15) is 0 Å². The largest absolute Gasteiger partial charge is 0.188 e. The summed E-state index contributed by atoms with van der Waals surface area (Å²) in [5, 5.41) is 2.86. The normalized spacial score (nSPS) is 12.3. The molecule has 3 aromatic carbocycles. The fourth-order valence-electron chi connectivity index (χ4n) is 2.88. The molecule has 0 radical (unpaired) electrons. The Balaban J connectivity index is 2.21. The van der Waals surface area contributed by atoms with Gasteiger partial charge >= 0.3 is 0 Å². The smallest absolute Gasteiger partial charge is 0.0539 e. The summed E-state index contributed by atoms with van der Waals surface area (Å²) in [5.74, 6) is 0. The van der Waals surface area contributed by atoms with Gasteiger partial charge in [0.1, 0.15) is 0 Å². The van der Waals surface area contributed by atoms with E-state index in [-0.39, 0.29) is 10.5 Å². The molecule has 0 nitrogen and oxygen atoms in total. The van der Waals surface area contributed by atoms with Gasteiger partial charge in [-0.05, 0) is 111 Å². The molecule has 0 aliphatic rings. The van der Waals surface area contributed by atoms with Crippen LogP contribution in [0.5, 0.6) is 0 Å². The summed E-state index contributed by atoms with van der Waals surface area (Å²) in [6.07, 6.45) is 0. The van der Waals surface area contributed by atoms with Crippen LogP contribution in [-0.4, -0.2) is 0 Å². The highest BCUT2D eigenvalue weighted by Gasteiger charge is 2.26. The number of hydrogen-bond donors (Lipinski definition) is 0. The molecule has 1 unspecified atom stereocenters. The minimum Gasteiger partial charge on any atom is -0.0539 e. The van der Waals surface area contributed by atoms with Gasteiger partial charge in [-0.25, -0.2) is 0 Å². The number of thiophene rings is 1. The van der Waals surface area contributed by atoms with Crippen molar-refractivity contribution in [3.05, 3.63) is 70.9 Å². The van der Waals surface area contributed by atoms with E-state index in [2.05, 4.69) is 129 Å². The fraction of sp³-hybridized carbons (Fsp3) is 0.0526. The number of aryl methyl sites for hydroxylation is 1. The van der Waals surface area contributed by atoms with E-state index in [1.807, 2.05) is 0 Å². The van der Waals surface area contributed by atoms with Crippen molar-refractivity contribution in [2.45, 2.75) is 6.92 Å². The number of benzene rings is 3. The quantitative estimate of drug-likeness (QED) is 0.145. The summed E-state index contributed by atoms with van der Waals surface area (Å²) in [5.41, 5.74) is 1.32. The molecule has 1 aromatic heterocycles. The molecule has 0 spiro atoms. The minimum absolute atomic E-state index is 0.0129. The zero-order valence-corrected chi connectivity index (χ0v) is 19.5. The van der Waals surface area contributed by atoms with Crippen LogP contribution < -0.4 is 0 Å². The fourth-order valence-corrected chi connectivity index (χ4v) is 7.12. The van der Waals surface area contributed by atoms with E-state index in [4.69, 9.17) is 0 Å². The predicted molar refractivity (Wildman–Crippen MR) is 128 cm³/mol. The van der Waals surface area contributed by atoms with E-state index in [1.54, 1.807) is 0 Å². The van der Waals surface area contributed by atoms with Gasteiger partial charge in [-0.1, -0.05) is 17.7 Å². The van der Waals surface area contributed by atoms with Crippen molar-refractivity contribution in [3.63, 3.8) is 0 Å². The highest BCUT2D eigenvalue weighted by atomic mass is 127. The summed E-state index contributed by atoms with van der Waals surface area (Å²) in [4.78, 5) is 1.41. The first kappa shape index (κ1) is 16.5. The third kappa shape index (κ3) is 2.83. The Morgan fingerprint density at radius 3 is 2.22 bits per heavy atom. The summed E-state index contributed by atoms with van der Waals surface area (Å²) in [7, 11) is 0.0129. The molecule has 23 heavy (non-hydrogen) atoms. The van der Waals surface area contributed by atoms with E-state index in [1.165, 1.54) is 41.3 Å². The van der Waals surface area contributed by atoms with Crippen LogP contribution in [0.25, 0.3) is 25.1 Å². The van der Waals surface area contributed by atoms with Gasteiger partial charge in [0, 0.05) is 32.6 Å². The highest BCUT2D eigenvalue weighted by molar-refractivity contribution is 14.1. The Kier molecular flexibility index (Phi) is 4.61. The lowest BCUT2D eigenvalue weighted by molar-refractivity contribution is 1.49. The third-order valence-electron chi connectivity index (χ3n) is 3.96. The molecule has 4 aromatic rings. The summed E-state index contributed by atoms with van der Waals surface area (Å²) >= 11 is 7.37. The SMILES string of the molecule is Cc1ccc(-[s+]2c3ccc(I)cc3c3c(I)c(I)ccc32)cc1. The lowest BCUT2D eigenvalue weighted by atomic mass is 10.2. The Hall–Kier alpha value is 0.0700. The molecule has 0 saturated heterocycles. The van der Waals surface area contributed by atoms with Crippen molar-refractivity contribution in [1.29, 1.82) is 0 Å². The maximum absolute atomic E-state index is 2.51. The summed E-state index contributed by atoms with van der Waals surface area (Å²) < 4.78 is 6.95. The molecular formula is C19H12I3S+. The molecular weight excluding hydrogens is 641 g/mol. The molecule has 0 bridgehead atoms. The Morgan fingerprint density at radius 2 is 1.48 bits per heavy atom. The molecule has 0 N–H and O–H groups in total. The average molecular weight is 653 g/mol.